The summed E-state index contributed by atoms with van der Waals surface area (Å²) < 4.78 is 0. The van der Waals surface area contributed by atoms with Crippen molar-refractivity contribution >= 4 is 35.7 Å². The van der Waals surface area contributed by atoms with Gasteiger partial charge >= 0.3 is 0 Å². The first kappa shape index (κ1) is 23.8. The van der Waals surface area contributed by atoms with Crippen LogP contribution in [0.4, 0.5) is 11.4 Å². The number of aryl methyl sites for hydroxylation is 1. The van der Waals surface area contributed by atoms with E-state index in [2.05, 4.69) is 40.7 Å². The van der Waals surface area contributed by atoms with Gasteiger partial charge in [-0.3, -0.25) is 0 Å². The third-order valence-corrected chi connectivity index (χ3v) is 4.58. The molecule has 0 aliphatic heterocycles. The van der Waals surface area contributed by atoms with E-state index < -0.39 is 0 Å². The zero-order chi connectivity index (χ0) is 21.9. The van der Waals surface area contributed by atoms with Gasteiger partial charge in [0.15, 0.2) is 0 Å². The number of carbonyl (C=O) groups excluding carboxylic acids is 4. The van der Waals surface area contributed by atoms with E-state index >= 15 is 0 Å². The molecule has 0 bridgehead atoms. The second-order valence-electron chi connectivity index (χ2n) is 8.27. The van der Waals surface area contributed by atoms with Crippen LogP contribution in [0.3, 0.4) is 0 Å². The first-order valence-electron chi connectivity index (χ1n) is 9.05. The van der Waals surface area contributed by atoms with Crippen LogP contribution in [0.5, 0.6) is 0 Å². The lowest BCUT2D eigenvalue weighted by molar-refractivity contribution is 0.0915. The molecule has 1 fully saturated rings. The summed E-state index contributed by atoms with van der Waals surface area (Å²) in [6.07, 6.45) is 8.71. The number of benzene rings is 1. The van der Waals surface area contributed by atoms with Crippen molar-refractivity contribution in [2.75, 3.05) is 6.54 Å². The van der Waals surface area contributed by atoms with E-state index in [-0.39, 0.29) is 16.9 Å². The first-order chi connectivity index (χ1) is 13.7. The molecule has 1 aromatic rings. The number of hydrogen-bond donors (Lipinski definition) is 0. The van der Waals surface area contributed by atoms with Crippen molar-refractivity contribution in [1.82, 2.24) is 0 Å². The predicted molar refractivity (Wildman–Crippen MR) is 107 cm³/mol. The molecular formula is C21H24N4O4. The van der Waals surface area contributed by atoms with Crippen LogP contribution < -0.4 is 0 Å². The van der Waals surface area contributed by atoms with Gasteiger partial charge < -0.3 is 0 Å². The van der Waals surface area contributed by atoms with Gasteiger partial charge in [-0.15, -0.1) is 0 Å². The Morgan fingerprint density at radius 2 is 1.48 bits per heavy atom. The highest BCUT2D eigenvalue weighted by Crippen LogP contribution is 2.47. The van der Waals surface area contributed by atoms with Crippen LogP contribution in [0.15, 0.2) is 38.2 Å². The Labute approximate surface area is 169 Å². The minimum Gasteiger partial charge on any atom is -0.211 e. The molecule has 8 nitrogen and oxygen atoms in total. The van der Waals surface area contributed by atoms with Crippen LogP contribution in [0.25, 0.3) is 0 Å². The minimum absolute atomic E-state index is 0.00750. The Kier molecular flexibility index (Phi) is 8.95. The summed E-state index contributed by atoms with van der Waals surface area (Å²) in [5.74, 6) is 0. The molecule has 0 saturated heterocycles. The Morgan fingerprint density at radius 1 is 0.897 bits per heavy atom. The fourth-order valence-electron chi connectivity index (χ4n) is 4.07. The molecular weight excluding hydrogens is 372 g/mol. The van der Waals surface area contributed by atoms with Crippen LogP contribution in [0.1, 0.15) is 45.6 Å². The van der Waals surface area contributed by atoms with E-state index in [9.17, 15) is 19.2 Å². The molecule has 1 saturated carbocycles. The first-order valence-corrected chi connectivity index (χ1v) is 9.05. The molecule has 1 aromatic carbocycles. The van der Waals surface area contributed by atoms with Crippen molar-refractivity contribution < 1.29 is 19.2 Å². The lowest BCUT2D eigenvalue weighted by Crippen LogP contribution is -2.39. The van der Waals surface area contributed by atoms with Gasteiger partial charge in [0, 0.05) is 0 Å². The van der Waals surface area contributed by atoms with Crippen molar-refractivity contribution in [2.45, 2.75) is 53.0 Å². The molecule has 2 atom stereocenters. The summed E-state index contributed by atoms with van der Waals surface area (Å²) >= 11 is 0. The summed E-state index contributed by atoms with van der Waals surface area (Å²) in [7, 11) is 0. The van der Waals surface area contributed by atoms with E-state index in [1.165, 1.54) is 18.2 Å². The summed E-state index contributed by atoms with van der Waals surface area (Å²) in [6, 6.07) is 4.89. The van der Waals surface area contributed by atoms with Crippen molar-refractivity contribution in [3.05, 3.63) is 23.8 Å². The Balaban J connectivity index is 0.000000296. The molecule has 29 heavy (non-hydrogen) atoms. The van der Waals surface area contributed by atoms with Gasteiger partial charge in [0.2, 0.25) is 24.3 Å². The number of aliphatic imine (C=N–C) groups is 4. The van der Waals surface area contributed by atoms with Crippen LogP contribution in [-0.4, -0.2) is 36.9 Å². The maximum atomic E-state index is 10.3. The van der Waals surface area contributed by atoms with E-state index in [1.54, 1.807) is 24.3 Å². The Bertz CT molecular complexity index is 880. The number of nitrogens with zero attached hydrogens (tertiary/aromatic N) is 4. The lowest BCUT2D eigenvalue weighted by Gasteiger charge is -2.44. The Hall–Kier alpha value is -3.26. The second kappa shape index (κ2) is 10.9. The van der Waals surface area contributed by atoms with Crippen molar-refractivity contribution in [3.8, 4) is 0 Å². The number of isocyanates is 4. The molecule has 2 unspecified atom stereocenters. The van der Waals surface area contributed by atoms with Gasteiger partial charge in [0.25, 0.3) is 0 Å². The standard InChI is InChI=1S/C12H18N2O2.C9H6N2O2/c1-11(2)4-10(14-9-16)5-12(3,6-11)7-13-8-15;1-7-2-8(10-5-12)4-9(3-7)11-6-13/h10H,4-7H2,1-3H3;2-4H,1H3. The molecule has 152 valence electrons. The highest BCUT2D eigenvalue weighted by atomic mass is 16.1. The average molecular weight is 396 g/mol. The number of rotatable bonds is 5. The quantitative estimate of drug-likeness (QED) is 0.548. The summed E-state index contributed by atoms with van der Waals surface area (Å²) in [4.78, 5) is 54.8. The minimum atomic E-state index is -0.0653. The molecule has 1 aliphatic rings. The van der Waals surface area contributed by atoms with Gasteiger partial charge in [-0.1, -0.05) is 20.8 Å². The molecule has 0 radical (unpaired) electrons. The highest BCUT2D eigenvalue weighted by Gasteiger charge is 2.41. The monoisotopic (exact) mass is 396 g/mol. The topological polar surface area (TPSA) is 118 Å². The highest BCUT2D eigenvalue weighted by molar-refractivity contribution is 5.59. The van der Waals surface area contributed by atoms with Crippen LogP contribution in [-0.2, 0) is 19.2 Å². The summed E-state index contributed by atoms with van der Waals surface area (Å²) in [6.45, 7) is 8.67. The van der Waals surface area contributed by atoms with Gasteiger partial charge in [-0.2, -0.15) is 9.98 Å². The van der Waals surface area contributed by atoms with E-state index in [0.29, 0.717) is 17.9 Å². The molecule has 0 N–H and O–H groups in total. The third kappa shape index (κ3) is 8.52. The van der Waals surface area contributed by atoms with Gasteiger partial charge in [0.05, 0.1) is 24.0 Å². The van der Waals surface area contributed by atoms with Crippen molar-refractivity contribution in [2.24, 2.45) is 30.8 Å². The largest absolute Gasteiger partial charge is 0.240 e. The third-order valence-electron chi connectivity index (χ3n) is 4.58. The molecule has 0 aromatic heterocycles. The van der Waals surface area contributed by atoms with Crippen LogP contribution in [0.2, 0.25) is 0 Å². The van der Waals surface area contributed by atoms with Gasteiger partial charge in [-0.05, 0) is 60.8 Å². The Morgan fingerprint density at radius 3 is 1.97 bits per heavy atom. The van der Waals surface area contributed by atoms with E-state index in [1.807, 2.05) is 6.92 Å². The predicted octanol–water partition coefficient (Wildman–Crippen LogP) is 4.17. The van der Waals surface area contributed by atoms with Crippen molar-refractivity contribution in [3.63, 3.8) is 0 Å². The normalized spacial score (nSPS) is 21.6. The lowest BCUT2D eigenvalue weighted by atomic mass is 9.63. The summed E-state index contributed by atoms with van der Waals surface area (Å²) in [5, 5.41) is 0. The molecule has 0 spiro atoms. The fraction of sp³-hybridized carbons (Fsp3) is 0.524. The molecule has 8 heteroatoms. The maximum Gasteiger partial charge on any atom is 0.240 e. The molecule has 1 aliphatic carbocycles. The average Bonchev–Trinajstić information content (AvgIpc) is 2.59. The van der Waals surface area contributed by atoms with Crippen LogP contribution in [0, 0.1) is 17.8 Å². The molecule has 2 rings (SSSR count). The van der Waals surface area contributed by atoms with Crippen molar-refractivity contribution in [1.29, 1.82) is 0 Å². The van der Waals surface area contributed by atoms with E-state index in [0.717, 1.165) is 24.8 Å². The molecule has 0 amide bonds. The SMILES string of the molecule is CC1(C)CC(N=C=O)CC(C)(CN=C=O)C1.Cc1cc(N=C=O)cc(N=C=O)c1. The summed E-state index contributed by atoms with van der Waals surface area (Å²) in [5.41, 5.74) is 1.79. The van der Waals surface area contributed by atoms with Crippen LogP contribution >= 0.6 is 0 Å². The van der Waals surface area contributed by atoms with E-state index in [4.69, 9.17) is 0 Å². The maximum absolute atomic E-state index is 10.3. The van der Waals surface area contributed by atoms with Gasteiger partial charge in [0.1, 0.15) is 0 Å². The zero-order valence-electron chi connectivity index (χ0n) is 17.1. The number of hydrogen-bond acceptors (Lipinski definition) is 8. The zero-order valence-corrected chi connectivity index (χ0v) is 17.1. The fourth-order valence-corrected chi connectivity index (χ4v) is 4.07. The van der Waals surface area contributed by atoms with Gasteiger partial charge in [-0.25, -0.2) is 29.2 Å². The smallest absolute Gasteiger partial charge is 0.211 e. The molecule has 0 heterocycles. The second-order valence-corrected chi connectivity index (χ2v) is 8.27.